The van der Waals surface area contributed by atoms with Crippen molar-refractivity contribution < 1.29 is 27.4 Å². The fourth-order valence-corrected chi connectivity index (χ4v) is 4.00. The summed E-state index contributed by atoms with van der Waals surface area (Å²) < 4.78 is 52.7. The van der Waals surface area contributed by atoms with Gasteiger partial charge in [-0.05, 0) is 36.4 Å². The van der Waals surface area contributed by atoms with Crippen LogP contribution in [-0.2, 0) is 0 Å². The maximum Gasteiger partial charge on any atom is 0.320 e. The Hall–Kier alpha value is -4.26. The topological polar surface area (TPSA) is 96.3 Å². The molecule has 0 radical (unpaired) electrons. The van der Waals surface area contributed by atoms with Gasteiger partial charge in [-0.1, -0.05) is 6.07 Å². The molecule has 2 N–H and O–H groups in total. The van der Waals surface area contributed by atoms with Gasteiger partial charge in [0.05, 0.1) is 12.8 Å². The molecule has 1 saturated carbocycles. The highest BCUT2D eigenvalue weighted by Gasteiger charge is 2.57. The summed E-state index contributed by atoms with van der Waals surface area (Å²) in [6.45, 7) is 0.179. The minimum Gasteiger partial charge on any atom is -0.490 e. The van der Waals surface area contributed by atoms with E-state index >= 15 is 0 Å². The predicted molar refractivity (Wildman–Crippen MR) is 109 cm³/mol. The summed E-state index contributed by atoms with van der Waals surface area (Å²) in [5.74, 6) is -2.03. The van der Waals surface area contributed by atoms with E-state index < -0.39 is 29.5 Å². The number of carbonyl (C=O) groups excluding carboxylic acids is 1. The molecule has 1 fully saturated rings. The summed E-state index contributed by atoms with van der Waals surface area (Å²) in [4.78, 5) is 16.5. The molecule has 10 heteroatoms. The number of aromatic nitrogens is 1. The van der Waals surface area contributed by atoms with Gasteiger partial charge < -0.3 is 14.8 Å². The van der Waals surface area contributed by atoms with E-state index in [2.05, 4.69) is 15.6 Å². The number of hydrogen-bond donors (Lipinski definition) is 2. The molecule has 3 aromatic rings. The summed E-state index contributed by atoms with van der Waals surface area (Å²) in [6, 6.07) is 9.82. The van der Waals surface area contributed by atoms with E-state index in [1.807, 2.05) is 0 Å². The van der Waals surface area contributed by atoms with Crippen LogP contribution >= 0.6 is 0 Å². The molecule has 2 aliphatic rings. The normalized spacial score (nSPS) is 19.9. The molecule has 7 nitrogen and oxygen atoms in total. The van der Waals surface area contributed by atoms with Crippen LogP contribution in [0.15, 0.2) is 48.7 Å². The summed E-state index contributed by atoms with van der Waals surface area (Å²) in [5, 5.41) is 14.4. The van der Waals surface area contributed by atoms with Gasteiger partial charge in [0.2, 0.25) is 0 Å². The van der Waals surface area contributed by atoms with Crippen LogP contribution in [0.1, 0.15) is 17.0 Å². The molecule has 1 aliphatic heterocycles. The molecular formula is C23H15F3N4O3. The zero-order valence-corrected chi connectivity index (χ0v) is 16.8. The highest BCUT2D eigenvalue weighted by molar-refractivity contribution is 5.89. The smallest absolute Gasteiger partial charge is 0.320 e. The van der Waals surface area contributed by atoms with Crippen molar-refractivity contribution in [1.82, 2.24) is 10.3 Å². The Morgan fingerprint density at radius 3 is 2.70 bits per heavy atom. The Labute approximate surface area is 185 Å². The van der Waals surface area contributed by atoms with E-state index in [0.717, 1.165) is 18.2 Å². The van der Waals surface area contributed by atoms with Crippen molar-refractivity contribution >= 4 is 11.8 Å². The first-order valence-electron chi connectivity index (χ1n) is 9.97. The van der Waals surface area contributed by atoms with Crippen LogP contribution in [0.5, 0.6) is 17.2 Å². The number of nitrogens with zero attached hydrogens (tertiary/aromatic N) is 2. The third-order valence-electron chi connectivity index (χ3n) is 5.61. The number of ether oxygens (including phenoxy) is 2. The fraction of sp³-hybridized carbons (Fsp3) is 0.174. The summed E-state index contributed by atoms with van der Waals surface area (Å²) in [6.07, 6.45) is 1.31. The summed E-state index contributed by atoms with van der Waals surface area (Å²) >= 11 is 0. The highest BCUT2D eigenvalue weighted by atomic mass is 19.1. The fourth-order valence-electron chi connectivity index (χ4n) is 4.00. The number of nitrogens with one attached hydrogen (secondary N) is 2. The minimum atomic E-state index is -0.700. The SMILES string of the molecule is N#Cc1c(F)cccc1Oc1ccc(NC(=O)NC2[C@H]3COc4c(F)ccc(F)c4[C@@H]23)nc1. The average Bonchev–Trinajstić information content (AvgIpc) is 3.50. The molecule has 166 valence electrons. The Morgan fingerprint density at radius 1 is 1.12 bits per heavy atom. The molecule has 2 heterocycles. The van der Waals surface area contributed by atoms with Gasteiger partial charge >= 0.3 is 6.03 Å². The van der Waals surface area contributed by atoms with Gasteiger partial charge in [0.25, 0.3) is 0 Å². The third-order valence-corrected chi connectivity index (χ3v) is 5.61. The van der Waals surface area contributed by atoms with Crippen LogP contribution in [-0.4, -0.2) is 23.7 Å². The van der Waals surface area contributed by atoms with Gasteiger partial charge in [-0.3, -0.25) is 5.32 Å². The van der Waals surface area contributed by atoms with E-state index in [9.17, 15) is 18.0 Å². The molecule has 3 atom stereocenters. The van der Waals surface area contributed by atoms with E-state index in [1.165, 1.54) is 30.5 Å². The van der Waals surface area contributed by atoms with Crippen molar-refractivity contribution in [1.29, 1.82) is 5.26 Å². The number of anilines is 1. The van der Waals surface area contributed by atoms with Crippen LogP contribution in [0.25, 0.3) is 0 Å². The lowest BCUT2D eigenvalue weighted by atomic mass is 10.0. The van der Waals surface area contributed by atoms with Crippen LogP contribution in [0, 0.1) is 34.7 Å². The Balaban J connectivity index is 1.22. The Kier molecular flexibility index (Phi) is 5.01. The standard InChI is InChI=1S/C23H15F3N4O3/c24-14-2-1-3-17(12(14)8-27)33-11-4-7-18(28-9-11)29-23(31)30-21-13-10-32-22-16(26)6-5-15(25)20(22)19(13)21/h1-7,9,13,19,21H,10H2,(H2,28,29,30,31)/t13-,19-,21?/m0/s1. The van der Waals surface area contributed by atoms with Crippen LogP contribution in [0.4, 0.5) is 23.8 Å². The van der Waals surface area contributed by atoms with Crippen molar-refractivity contribution in [2.24, 2.45) is 5.92 Å². The highest BCUT2D eigenvalue weighted by Crippen LogP contribution is 2.55. The number of benzene rings is 2. The van der Waals surface area contributed by atoms with E-state index in [1.54, 1.807) is 6.07 Å². The first-order chi connectivity index (χ1) is 16.0. The van der Waals surface area contributed by atoms with Crippen LogP contribution in [0.2, 0.25) is 0 Å². The lowest BCUT2D eigenvalue weighted by molar-refractivity contribution is 0.247. The molecule has 1 unspecified atom stereocenters. The Morgan fingerprint density at radius 2 is 1.94 bits per heavy atom. The van der Waals surface area contributed by atoms with Crippen molar-refractivity contribution in [3.05, 3.63) is 77.2 Å². The zero-order chi connectivity index (χ0) is 23.1. The number of fused-ring (bicyclic) bond motifs is 3. The number of urea groups is 1. The average molecular weight is 452 g/mol. The van der Waals surface area contributed by atoms with Crippen LogP contribution in [0.3, 0.4) is 0 Å². The molecule has 0 bridgehead atoms. The largest absolute Gasteiger partial charge is 0.490 e. The first kappa shape index (κ1) is 20.6. The second-order valence-corrected chi connectivity index (χ2v) is 7.60. The molecule has 2 amide bonds. The molecule has 2 aromatic carbocycles. The minimum absolute atomic E-state index is 0.0419. The molecular weight excluding hydrogens is 437 g/mol. The molecule has 5 rings (SSSR count). The van der Waals surface area contributed by atoms with Crippen molar-refractivity contribution in [3.8, 4) is 23.3 Å². The summed E-state index contributed by atoms with van der Waals surface area (Å²) in [5.41, 5.74) is -0.0860. The van der Waals surface area contributed by atoms with Gasteiger partial charge in [0, 0.05) is 23.4 Å². The van der Waals surface area contributed by atoms with Crippen molar-refractivity contribution in [2.75, 3.05) is 11.9 Å². The van der Waals surface area contributed by atoms with E-state index in [4.69, 9.17) is 14.7 Å². The monoisotopic (exact) mass is 452 g/mol. The number of halogens is 3. The lowest BCUT2D eigenvalue weighted by Gasteiger charge is -2.16. The van der Waals surface area contributed by atoms with E-state index in [-0.39, 0.29) is 52.6 Å². The number of pyridine rings is 1. The quantitative estimate of drug-likeness (QED) is 0.610. The second-order valence-electron chi connectivity index (χ2n) is 7.60. The Bertz CT molecular complexity index is 1290. The second kappa shape index (κ2) is 8.02. The number of hydrogen-bond acceptors (Lipinski definition) is 5. The van der Waals surface area contributed by atoms with Gasteiger partial charge in [-0.15, -0.1) is 0 Å². The first-order valence-corrected chi connectivity index (χ1v) is 9.97. The number of nitriles is 1. The number of rotatable bonds is 4. The van der Waals surface area contributed by atoms with Gasteiger partial charge in [0.1, 0.15) is 40.6 Å². The number of carbonyl (C=O) groups is 1. The molecule has 1 aliphatic carbocycles. The molecule has 1 aromatic heterocycles. The van der Waals surface area contributed by atoms with Crippen molar-refractivity contribution in [3.63, 3.8) is 0 Å². The lowest BCUT2D eigenvalue weighted by Crippen LogP contribution is -2.32. The van der Waals surface area contributed by atoms with Gasteiger partial charge in [0.15, 0.2) is 11.6 Å². The molecule has 0 spiro atoms. The van der Waals surface area contributed by atoms with Crippen LogP contribution < -0.4 is 20.1 Å². The summed E-state index contributed by atoms with van der Waals surface area (Å²) in [7, 11) is 0. The maximum absolute atomic E-state index is 14.2. The maximum atomic E-state index is 14.2. The van der Waals surface area contributed by atoms with Gasteiger partial charge in [-0.2, -0.15) is 5.26 Å². The third kappa shape index (κ3) is 3.78. The zero-order valence-electron chi connectivity index (χ0n) is 16.8. The predicted octanol–water partition coefficient (Wildman–Crippen LogP) is 4.46. The van der Waals surface area contributed by atoms with Crippen molar-refractivity contribution in [2.45, 2.75) is 12.0 Å². The molecule has 0 saturated heterocycles. The van der Waals surface area contributed by atoms with E-state index in [0.29, 0.717) is 0 Å². The number of amides is 2. The van der Waals surface area contributed by atoms with Gasteiger partial charge in [-0.25, -0.2) is 22.9 Å². The molecule has 33 heavy (non-hydrogen) atoms.